The molecule has 0 N–H and O–H groups in total. The molecule has 112 valence electrons. The normalized spacial score (nSPS) is 24.5. The van der Waals surface area contributed by atoms with Gasteiger partial charge in [-0.1, -0.05) is 23.8 Å². The number of piperazine rings is 1. The quantitative estimate of drug-likeness (QED) is 0.746. The number of hydrogen-bond donors (Lipinski definition) is 0. The van der Waals surface area contributed by atoms with Gasteiger partial charge in [-0.25, -0.2) is 4.79 Å². The van der Waals surface area contributed by atoms with Crippen LogP contribution in [0.5, 0.6) is 0 Å². The molecule has 1 unspecified atom stereocenters. The van der Waals surface area contributed by atoms with Gasteiger partial charge >= 0.3 is 6.09 Å². The summed E-state index contributed by atoms with van der Waals surface area (Å²) in [4.78, 5) is 16.2. The molecule has 0 aromatic heterocycles. The second kappa shape index (κ2) is 6.19. The van der Waals surface area contributed by atoms with E-state index in [0.29, 0.717) is 6.04 Å². The molecule has 0 saturated carbocycles. The third-order valence-electron chi connectivity index (χ3n) is 3.47. The van der Waals surface area contributed by atoms with Crippen LogP contribution in [0, 0.1) is 0 Å². The molecule has 1 aliphatic carbocycles. The smallest absolute Gasteiger partial charge is 0.410 e. The molecule has 1 aliphatic heterocycles. The highest BCUT2D eigenvalue weighted by atomic mass is 35.5. The number of carbonyl (C=O) groups is 1. The number of halogens is 1. The van der Waals surface area contributed by atoms with Crippen LogP contribution in [0.2, 0.25) is 0 Å². The maximum atomic E-state index is 12.0. The lowest BCUT2D eigenvalue weighted by atomic mass is 10.1. The Morgan fingerprint density at radius 1 is 1.30 bits per heavy atom. The number of hydrogen-bond acceptors (Lipinski definition) is 3. The molecule has 2 rings (SSSR count). The van der Waals surface area contributed by atoms with E-state index in [0.717, 1.165) is 37.6 Å². The summed E-state index contributed by atoms with van der Waals surface area (Å²) < 4.78 is 5.40. The molecule has 0 spiro atoms. The topological polar surface area (TPSA) is 32.8 Å². The maximum Gasteiger partial charge on any atom is 0.410 e. The van der Waals surface area contributed by atoms with Gasteiger partial charge in [-0.15, -0.1) is 0 Å². The van der Waals surface area contributed by atoms with Crippen LogP contribution in [0.1, 0.15) is 27.2 Å². The lowest BCUT2D eigenvalue weighted by Crippen LogP contribution is -2.52. The molecule has 5 heteroatoms. The van der Waals surface area contributed by atoms with Crippen LogP contribution in [0.15, 0.2) is 23.3 Å². The zero-order valence-electron chi connectivity index (χ0n) is 12.4. The van der Waals surface area contributed by atoms with Gasteiger partial charge in [0.05, 0.1) is 0 Å². The van der Waals surface area contributed by atoms with Crippen LogP contribution in [-0.4, -0.2) is 53.7 Å². The van der Waals surface area contributed by atoms with E-state index in [1.165, 1.54) is 0 Å². The van der Waals surface area contributed by atoms with Crippen molar-refractivity contribution < 1.29 is 9.53 Å². The maximum absolute atomic E-state index is 12.0. The number of rotatable bonds is 1. The van der Waals surface area contributed by atoms with E-state index >= 15 is 0 Å². The average Bonchev–Trinajstić information content (AvgIpc) is 2.38. The van der Waals surface area contributed by atoms with Gasteiger partial charge < -0.3 is 9.64 Å². The molecule has 20 heavy (non-hydrogen) atoms. The summed E-state index contributed by atoms with van der Waals surface area (Å²) in [6.45, 7) is 8.87. The van der Waals surface area contributed by atoms with Crippen LogP contribution in [0.3, 0.4) is 0 Å². The Hall–Kier alpha value is -1.00. The predicted octanol–water partition coefficient (Wildman–Crippen LogP) is 2.99. The second-order valence-electron chi connectivity index (χ2n) is 6.25. The molecule has 1 heterocycles. The Morgan fingerprint density at radius 3 is 2.45 bits per heavy atom. The van der Waals surface area contributed by atoms with Crippen LogP contribution in [0.25, 0.3) is 0 Å². The molecule has 1 atom stereocenters. The minimum absolute atomic E-state index is 0.209. The van der Waals surface area contributed by atoms with E-state index in [4.69, 9.17) is 16.3 Å². The predicted molar refractivity (Wildman–Crippen MR) is 80.9 cm³/mol. The van der Waals surface area contributed by atoms with Crippen molar-refractivity contribution in [3.63, 3.8) is 0 Å². The van der Waals surface area contributed by atoms with Crippen LogP contribution in [-0.2, 0) is 4.74 Å². The first-order chi connectivity index (χ1) is 9.35. The van der Waals surface area contributed by atoms with Crippen molar-refractivity contribution in [3.05, 3.63) is 23.3 Å². The van der Waals surface area contributed by atoms with Crippen molar-refractivity contribution >= 4 is 17.7 Å². The molecule has 1 amide bonds. The Labute approximate surface area is 126 Å². The molecule has 0 radical (unpaired) electrons. The van der Waals surface area contributed by atoms with E-state index < -0.39 is 5.60 Å². The molecule has 4 nitrogen and oxygen atoms in total. The summed E-state index contributed by atoms with van der Waals surface area (Å²) in [6, 6.07) is 0.401. The van der Waals surface area contributed by atoms with Crippen molar-refractivity contribution in [2.45, 2.75) is 38.8 Å². The Balaban J connectivity index is 1.81. The first-order valence-electron chi connectivity index (χ1n) is 7.11. The van der Waals surface area contributed by atoms with Gasteiger partial charge in [0, 0.05) is 37.3 Å². The number of ether oxygens (including phenoxy) is 1. The minimum atomic E-state index is -0.429. The standard InChI is InChI=1S/C15H23ClN2O2/c1-15(2,3)20-14(19)18-10-8-17(9-11-18)13-6-4-12(16)5-7-13/h4-6,13H,7-11H2,1-3H3. The monoisotopic (exact) mass is 298 g/mol. The van der Waals surface area contributed by atoms with Crippen molar-refractivity contribution in [3.8, 4) is 0 Å². The van der Waals surface area contributed by atoms with Gasteiger partial charge in [-0.05, 0) is 33.3 Å². The summed E-state index contributed by atoms with van der Waals surface area (Å²) in [5, 5.41) is 0.814. The number of allylic oxidation sites excluding steroid dienone is 2. The molecular formula is C15H23ClN2O2. The lowest BCUT2D eigenvalue weighted by Gasteiger charge is -2.39. The van der Waals surface area contributed by atoms with E-state index in [1.54, 1.807) is 4.90 Å². The third kappa shape index (κ3) is 4.25. The zero-order valence-corrected chi connectivity index (χ0v) is 13.2. The van der Waals surface area contributed by atoms with Crippen molar-refractivity contribution in [1.29, 1.82) is 0 Å². The Kier molecular flexibility index (Phi) is 4.76. The van der Waals surface area contributed by atoms with Crippen LogP contribution < -0.4 is 0 Å². The van der Waals surface area contributed by atoms with Crippen LogP contribution >= 0.6 is 11.6 Å². The van der Waals surface area contributed by atoms with Gasteiger partial charge in [-0.3, -0.25) is 4.90 Å². The SMILES string of the molecule is CC(C)(C)OC(=O)N1CCN(C2C=CC(Cl)=CC2)CC1. The van der Waals surface area contributed by atoms with Crippen molar-refractivity contribution in [2.24, 2.45) is 0 Å². The minimum Gasteiger partial charge on any atom is -0.444 e. The van der Waals surface area contributed by atoms with Crippen LogP contribution in [0.4, 0.5) is 4.79 Å². The molecule has 2 aliphatic rings. The third-order valence-corrected chi connectivity index (χ3v) is 3.75. The van der Waals surface area contributed by atoms with Crippen molar-refractivity contribution in [2.75, 3.05) is 26.2 Å². The molecular weight excluding hydrogens is 276 g/mol. The highest BCUT2D eigenvalue weighted by Gasteiger charge is 2.28. The fourth-order valence-corrected chi connectivity index (χ4v) is 2.58. The molecule has 1 saturated heterocycles. The first-order valence-corrected chi connectivity index (χ1v) is 7.49. The molecule has 0 aromatic carbocycles. The van der Waals surface area contributed by atoms with E-state index in [9.17, 15) is 4.79 Å². The molecule has 1 fully saturated rings. The van der Waals surface area contributed by atoms with E-state index in [2.05, 4.69) is 11.0 Å². The highest BCUT2D eigenvalue weighted by Crippen LogP contribution is 2.20. The number of nitrogens with zero attached hydrogens (tertiary/aromatic N) is 2. The van der Waals surface area contributed by atoms with E-state index in [-0.39, 0.29) is 6.09 Å². The summed E-state index contributed by atoms with van der Waals surface area (Å²) in [7, 11) is 0. The summed E-state index contributed by atoms with van der Waals surface area (Å²) in [5.74, 6) is 0. The molecule has 0 bridgehead atoms. The first kappa shape index (κ1) is 15.4. The summed E-state index contributed by atoms with van der Waals surface area (Å²) in [6.07, 6.45) is 6.88. The van der Waals surface area contributed by atoms with Gasteiger partial charge in [-0.2, -0.15) is 0 Å². The Bertz CT molecular complexity index is 418. The van der Waals surface area contributed by atoms with Gasteiger partial charge in [0.2, 0.25) is 0 Å². The lowest BCUT2D eigenvalue weighted by molar-refractivity contribution is 0.0123. The van der Waals surface area contributed by atoms with Crippen molar-refractivity contribution in [1.82, 2.24) is 9.80 Å². The number of amides is 1. The van der Waals surface area contributed by atoms with E-state index in [1.807, 2.05) is 32.9 Å². The second-order valence-corrected chi connectivity index (χ2v) is 6.69. The average molecular weight is 299 g/mol. The summed E-state index contributed by atoms with van der Waals surface area (Å²) >= 11 is 5.93. The highest BCUT2D eigenvalue weighted by molar-refractivity contribution is 6.31. The fraction of sp³-hybridized carbons (Fsp3) is 0.667. The van der Waals surface area contributed by atoms with Gasteiger partial charge in [0.15, 0.2) is 0 Å². The van der Waals surface area contributed by atoms with Gasteiger partial charge in [0.25, 0.3) is 0 Å². The Morgan fingerprint density at radius 2 is 1.95 bits per heavy atom. The van der Waals surface area contributed by atoms with Gasteiger partial charge in [0.1, 0.15) is 5.60 Å². The molecule has 0 aromatic rings. The largest absolute Gasteiger partial charge is 0.444 e. The zero-order chi connectivity index (χ0) is 14.8. The summed E-state index contributed by atoms with van der Waals surface area (Å²) in [5.41, 5.74) is -0.429. The fourth-order valence-electron chi connectivity index (χ4n) is 2.42. The number of carbonyl (C=O) groups excluding carboxylic acids is 1.